The Morgan fingerprint density at radius 2 is 1.93 bits per heavy atom. The molecule has 2 unspecified atom stereocenters. The Labute approximate surface area is 161 Å². The van der Waals surface area contributed by atoms with Crippen LogP contribution < -0.4 is 5.32 Å². The Balaban J connectivity index is 1.50. The van der Waals surface area contributed by atoms with Crippen molar-refractivity contribution in [2.75, 3.05) is 6.54 Å². The molecule has 0 radical (unpaired) electrons. The second-order valence-corrected chi connectivity index (χ2v) is 8.32. The lowest BCUT2D eigenvalue weighted by Crippen LogP contribution is -2.50. The van der Waals surface area contributed by atoms with Gasteiger partial charge in [-0.1, -0.05) is 36.4 Å². The molecule has 0 aromatic heterocycles. The summed E-state index contributed by atoms with van der Waals surface area (Å²) in [4.78, 5) is 15.0. The lowest BCUT2D eigenvalue weighted by atomic mass is 9.97. The molecule has 0 heterocycles. The molecule has 1 N–H and O–H groups in total. The molecule has 2 aliphatic carbocycles. The summed E-state index contributed by atoms with van der Waals surface area (Å²) < 4.78 is 0. The first kappa shape index (κ1) is 18.0. The maximum atomic E-state index is 12.7. The van der Waals surface area contributed by atoms with E-state index in [0.29, 0.717) is 18.5 Å². The molecular formula is C23H27N3O. The molecule has 0 spiro atoms. The van der Waals surface area contributed by atoms with Crippen LogP contribution in [0.3, 0.4) is 0 Å². The zero-order valence-corrected chi connectivity index (χ0v) is 16.1. The molecular weight excluding hydrogens is 334 g/mol. The first-order valence-corrected chi connectivity index (χ1v) is 9.97. The SMILES string of the molecule is CC(c1ccc2ccccc2c1)N(CC(=O)NC(C)(C#N)C1CC1)C1CC1. The minimum atomic E-state index is -0.724. The van der Waals surface area contributed by atoms with Gasteiger partial charge in [0, 0.05) is 12.1 Å². The molecule has 2 atom stereocenters. The van der Waals surface area contributed by atoms with E-state index in [1.54, 1.807) is 0 Å². The third-order valence-corrected chi connectivity index (χ3v) is 6.12. The van der Waals surface area contributed by atoms with Crippen LogP contribution in [0.4, 0.5) is 0 Å². The van der Waals surface area contributed by atoms with E-state index in [0.717, 1.165) is 25.7 Å². The largest absolute Gasteiger partial charge is 0.337 e. The molecule has 0 aliphatic heterocycles. The molecule has 0 bridgehead atoms. The quantitative estimate of drug-likeness (QED) is 0.805. The van der Waals surface area contributed by atoms with Crippen LogP contribution in [-0.2, 0) is 4.79 Å². The minimum Gasteiger partial charge on any atom is -0.337 e. The molecule has 140 valence electrons. The molecule has 2 aromatic rings. The smallest absolute Gasteiger partial charge is 0.235 e. The number of nitrogens with one attached hydrogen (secondary N) is 1. The first-order valence-electron chi connectivity index (χ1n) is 9.97. The van der Waals surface area contributed by atoms with Crippen molar-refractivity contribution in [1.82, 2.24) is 10.2 Å². The van der Waals surface area contributed by atoms with E-state index < -0.39 is 5.54 Å². The fraction of sp³-hybridized carbons (Fsp3) is 0.478. The monoisotopic (exact) mass is 361 g/mol. The third-order valence-electron chi connectivity index (χ3n) is 6.12. The van der Waals surface area contributed by atoms with Crippen LogP contribution >= 0.6 is 0 Å². The number of rotatable bonds is 7. The van der Waals surface area contributed by atoms with Crippen molar-refractivity contribution in [3.8, 4) is 6.07 Å². The lowest BCUT2D eigenvalue weighted by molar-refractivity contribution is -0.124. The number of hydrogen-bond acceptors (Lipinski definition) is 3. The van der Waals surface area contributed by atoms with Crippen molar-refractivity contribution in [3.05, 3.63) is 48.0 Å². The zero-order chi connectivity index (χ0) is 19.0. The van der Waals surface area contributed by atoms with E-state index in [-0.39, 0.29) is 11.9 Å². The Kier molecular flexibility index (Phi) is 4.65. The topological polar surface area (TPSA) is 56.1 Å². The van der Waals surface area contributed by atoms with E-state index >= 15 is 0 Å². The molecule has 1 amide bonds. The van der Waals surface area contributed by atoms with Gasteiger partial charge in [-0.15, -0.1) is 0 Å². The van der Waals surface area contributed by atoms with Crippen LogP contribution in [0.2, 0.25) is 0 Å². The van der Waals surface area contributed by atoms with Gasteiger partial charge in [-0.25, -0.2) is 0 Å². The summed E-state index contributed by atoms with van der Waals surface area (Å²) in [5, 5.41) is 15.0. The first-order chi connectivity index (χ1) is 13.0. The predicted octanol–water partition coefficient (Wildman–Crippen LogP) is 4.17. The summed E-state index contributed by atoms with van der Waals surface area (Å²) in [7, 11) is 0. The van der Waals surface area contributed by atoms with Gasteiger partial charge in [0.15, 0.2) is 0 Å². The molecule has 2 saturated carbocycles. The van der Waals surface area contributed by atoms with Crippen molar-refractivity contribution in [2.24, 2.45) is 5.92 Å². The van der Waals surface area contributed by atoms with Gasteiger partial charge in [-0.2, -0.15) is 5.26 Å². The second kappa shape index (κ2) is 6.98. The molecule has 4 heteroatoms. The number of carbonyl (C=O) groups excluding carboxylic acids is 1. The summed E-state index contributed by atoms with van der Waals surface area (Å²) >= 11 is 0. The predicted molar refractivity (Wildman–Crippen MR) is 107 cm³/mol. The standard InChI is InChI=1S/C23H27N3O/c1-16(18-8-7-17-5-3-4-6-19(17)13-18)26(21-11-12-21)14-22(27)25-23(2,15-24)20-9-10-20/h3-8,13,16,20-21H,9-12,14H2,1-2H3,(H,25,27). The summed E-state index contributed by atoms with van der Waals surface area (Å²) in [5.74, 6) is 0.268. The maximum Gasteiger partial charge on any atom is 0.235 e. The second-order valence-electron chi connectivity index (χ2n) is 8.32. The van der Waals surface area contributed by atoms with Gasteiger partial charge in [0.05, 0.1) is 12.6 Å². The summed E-state index contributed by atoms with van der Waals surface area (Å²) in [6.45, 7) is 4.39. The highest BCUT2D eigenvalue weighted by Crippen LogP contribution is 2.39. The van der Waals surface area contributed by atoms with E-state index in [1.807, 2.05) is 6.92 Å². The number of benzene rings is 2. The van der Waals surface area contributed by atoms with Crippen LogP contribution in [0.1, 0.15) is 51.1 Å². The summed E-state index contributed by atoms with van der Waals surface area (Å²) in [5.41, 5.74) is 0.511. The van der Waals surface area contributed by atoms with Crippen LogP contribution in [0.25, 0.3) is 10.8 Å². The molecule has 27 heavy (non-hydrogen) atoms. The van der Waals surface area contributed by atoms with Crippen LogP contribution in [0.5, 0.6) is 0 Å². The van der Waals surface area contributed by atoms with Crippen LogP contribution in [0.15, 0.2) is 42.5 Å². The van der Waals surface area contributed by atoms with Crippen molar-refractivity contribution in [2.45, 2.75) is 57.2 Å². The molecule has 2 aliphatic rings. The normalized spacial score (nSPS) is 20.1. The molecule has 2 fully saturated rings. The zero-order valence-electron chi connectivity index (χ0n) is 16.1. The highest BCUT2D eigenvalue weighted by molar-refractivity contribution is 5.83. The Bertz CT molecular complexity index is 894. The van der Waals surface area contributed by atoms with Crippen molar-refractivity contribution in [1.29, 1.82) is 5.26 Å². The fourth-order valence-corrected chi connectivity index (χ4v) is 4.02. The number of hydrogen-bond donors (Lipinski definition) is 1. The van der Waals surface area contributed by atoms with E-state index in [1.165, 1.54) is 16.3 Å². The Morgan fingerprint density at radius 3 is 2.56 bits per heavy atom. The fourth-order valence-electron chi connectivity index (χ4n) is 4.02. The van der Waals surface area contributed by atoms with Gasteiger partial charge >= 0.3 is 0 Å². The number of amides is 1. The van der Waals surface area contributed by atoms with E-state index in [9.17, 15) is 10.1 Å². The molecule has 2 aromatic carbocycles. The highest BCUT2D eigenvalue weighted by atomic mass is 16.2. The van der Waals surface area contributed by atoms with Gasteiger partial charge in [0.25, 0.3) is 0 Å². The average molecular weight is 361 g/mol. The van der Waals surface area contributed by atoms with Crippen molar-refractivity contribution >= 4 is 16.7 Å². The van der Waals surface area contributed by atoms with Crippen LogP contribution in [-0.4, -0.2) is 28.9 Å². The number of nitrogens with zero attached hydrogens (tertiary/aromatic N) is 2. The average Bonchev–Trinajstić information content (AvgIpc) is 3.57. The number of carbonyl (C=O) groups is 1. The molecule has 0 saturated heterocycles. The van der Waals surface area contributed by atoms with Crippen molar-refractivity contribution < 1.29 is 4.79 Å². The lowest BCUT2D eigenvalue weighted by Gasteiger charge is -2.31. The summed E-state index contributed by atoms with van der Waals surface area (Å²) in [6, 6.07) is 17.9. The highest BCUT2D eigenvalue weighted by Gasteiger charge is 2.43. The van der Waals surface area contributed by atoms with Gasteiger partial charge in [0.2, 0.25) is 5.91 Å². The third kappa shape index (κ3) is 3.84. The van der Waals surface area contributed by atoms with Gasteiger partial charge in [-0.3, -0.25) is 9.69 Å². The minimum absolute atomic E-state index is 0.0366. The molecule has 4 rings (SSSR count). The number of fused-ring (bicyclic) bond motifs is 1. The van der Waals surface area contributed by atoms with Crippen LogP contribution in [0, 0.1) is 17.2 Å². The summed E-state index contributed by atoms with van der Waals surface area (Å²) in [6.07, 6.45) is 4.35. The van der Waals surface area contributed by atoms with Gasteiger partial charge < -0.3 is 5.32 Å². The Hall–Kier alpha value is -2.38. The van der Waals surface area contributed by atoms with Gasteiger partial charge in [0.1, 0.15) is 5.54 Å². The van der Waals surface area contributed by atoms with Crippen molar-refractivity contribution in [3.63, 3.8) is 0 Å². The van der Waals surface area contributed by atoms with E-state index in [2.05, 4.69) is 65.7 Å². The Morgan fingerprint density at radius 1 is 1.22 bits per heavy atom. The number of nitriles is 1. The van der Waals surface area contributed by atoms with Gasteiger partial charge in [-0.05, 0) is 67.9 Å². The molecule has 4 nitrogen and oxygen atoms in total. The maximum absolute atomic E-state index is 12.7. The van der Waals surface area contributed by atoms with E-state index in [4.69, 9.17) is 0 Å².